The highest BCUT2D eigenvalue weighted by Gasteiger charge is 2.47. The van der Waals surface area contributed by atoms with Crippen molar-refractivity contribution in [3.63, 3.8) is 0 Å². The van der Waals surface area contributed by atoms with Crippen LogP contribution >= 0.6 is 50.2 Å². The van der Waals surface area contributed by atoms with Crippen molar-refractivity contribution in [2.75, 3.05) is 12.0 Å². The topological polar surface area (TPSA) is 113 Å². The summed E-state index contributed by atoms with van der Waals surface area (Å²) < 4.78 is 6.33. The zero-order valence-corrected chi connectivity index (χ0v) is 23.0. The first-order valence-corrected chi connectivity index (χ1v) is 13.3. The molecule has 2 aromatic carbocycles. The minimum Gasteiger partial charge on any atom is -0.503 e. The highest BCUT2D eigenvalue weighted by Crippen LogP contribution is 2.47. The van der Waals surface area contributed by atoms with E-state index in [1.165, 1.54) is 40.7 Å². The Hall–Kier alpha value is -2.99. The fraction of sp³-hybridized carbons (Fsp3) is 0.167. The Kier molecular flexibility index (Phi) is 6.27. The number of ketones is 1. The number of anilines is 1. The van der Waals surface area contributed by atoms with Crippen LogP contribution in [-0.4, -0.2) is 39.0 Å². The van der Waals surface area contributed by atoms with E-state index in [9.17, 15) is 19.8 Å². The maximum absolute atomic E-state index is 13.8. The normalized spacial score (nSPS) is 15.9. The lowest BCUT2D eigenvalue weighted by Crippen LogP contribution is -2.31. The number of fused-ring (bicyclic) bond motifs is 1. The summed E-state index contributed by atoms with van der Waals surface area (Å²) in [5.41, 5.74) is 1.44. The quantitative estimate of drug-likeness (QED) is 0.257. The van der Waals surface area contributed by atoms with Gasteiger partial charge in [0.25, 0.3) is 5.91 Å². The Balaban J connectivity index is 1.74. The number of carbonyl (C=O) groups is 2. The van der Waals surface area contributed by atoms with Crippen LogP contribution in [0.4, 0.5) is 5.13 Å². The molecule has 12 heteroatoms. The number of hydrogen-bond acceptors (Lipinski definition) is 9. The number of aromatic nitrogens is 2. The van der Waals surface area contributed by atoms with Crippen molar-refractivity contribution in [3.05, 3.63) is 72.3 Å². The van der Waals surface area contributed by atoms with E-state index in [4.69, 9.17) is 16.3 Å². The van der Waals surface area contributed by atoms with Crippen LogP contribution in [0.1, 0.15) is 32.0 Å². The third-order valence-electron chi connectivity index (χ3n) is 5.69. The van der Waals surface area contributed by atoms with Gasteiger partial charge in [0, 0.05) is 5.02 Å². The van der Waals surface area contributed by atoms with Crippen molar-refractivity contribution >= 4 is 77.2 Å². The van der Waals surface area contributed by atoms with Crippen molar-refractivity contribution in [2.24, 2.45) is 0 Å². The van der Waals surface area contributed by atoms with Crippen LogP contribution in [0, 0.1) is 13.8 Å². The predicted octanol–water partition coefficient (Wildman–Crippen LogP) is 6.28. The molecule has 1 unspecified atom stereocenters. The van der Waals surface area contributed by atoms with Gasteiger partial charge in [0.1, 0.15) is 0 Å². The van der Waals surface area contributed by atoms with Gasteiger partial charge < -0.3 is 14.9 Å². The van der Waals surface area contributed by atoms with Gasteiger partial charge in [-0.15, -0.1) is 11.3 Å². The summed E-state index contributed by atoms with van der Waals surface area (Å²) in [6.07, 6.45) is 0. The number of phenols is 1. The number of rotatable bonds is 5. The number of Topliss-reactive ketones (excluding diaryl/α,β-unsaturated/α-hetero) is 1. The lowest BCUT2D eigenvalue weighted by atomic mass is 9.95. The number of methoxy groups -OCH3 is 1. The maximum Gasteiger partial charge on any atom is 0.296 e. The van der Waals surface area contributed by atoms with E-state index in [0.717, 1.165) is 4.70 Å². The molecule has 1 aliphatic rings. The Morgan fingerprint density at radius 3 is 2.58 bits per heavy atom. The number of thiazole rings is 2. The number of halogens is 2. The molecule has 2 aromatic heterocycles. The summed E-state index contributed by atoms with van der Waals surface area (Å²) in [6.45, 7) is 3.48. The fourth-order valence-electron chi connectivity index (χ4n) is 4.11. The van der Waals surface area contributed by atoms with Gasteiger partial charge in [-0.05, 0) is 65.7 Å². The van der Waals surface area contributed by atoms with Gasteiger partial charge in [0.15, 0.2) is 22.4 Å². The van der Waals surface area contributed by atoms with E-state index in [1.807, 2.05) is 0 Å². The number of amides is 1. The van der Waals surface area contributed by atoms with E-state index in [1.54, 1.807) is 38.1 Å². The molecule has 0 saturated heterocycles. The number of ether oxygens (including phenoxy) is 1. The van der Waals surface area contributed by atoms with Crippen LogP contribution in [0.2, 0.25) is 5.02 Å². The summed E-state index contributed by atoms with van der Waals surface area (Å²) in [5.74, 6) is -1.96. The van der Waals surface area contributed by atoms with E-state index >= 15 is 0 Å². The number of aromatic hydroxyl groups is 1. The van der Waals surface area contributed by atoms with Crippen LogP contribution < -0.4 is 9.64 Å². The van der Waals surface area contributed by atoms with E-state index in [-0.39, 0.29) is 22.2 Å². The number of phenolic OH excluding ortho intramolecular Hbond substituents is 1. The second kappa shape index (κ2) is 9.15. The number of benzene rings is 2. The largest absolute Gasteiger partial charge is 0.503 e. The molecule has 4 aromatic rings. The van der Waals surface area contributed by atoms with E-state index < -0.39 is 23.5 Å². The average Bonchev–Trinajstić information content (AvgIpc) is 3.48. The summed E-state index contributed by atoms with van der Waals surface area (Å²) in [7, 11) is 1.39. The first-order chi connectivity index (χ1) is 17.1. The molecule has 184 valence electrons. The first kappa shape index (κ1) is 24.7. The SMILES string of the molecule is COc1cc(C2C(C(=O)c3sc(C)nc3C)=C(O)C(=O)N2c2nc3ccc(Cl)cc3s2)cc(Br)c1O. The standard InChI is InChI=1S/C24H17BrClN3O5S2/c1-9-22(35-10(2)27-9)20(31)17-18(11-6-13(25)19(30)15(7-11)34-3)29(23(33)21(17)32)24-28-14-5-4-12(26)8-16(14)36-24/h4-8,18,30,32H,1-3H3. The summed E-state index contributed by atoms with van der Waals surface area (Å²) >= 11 is 11.8. The van der Waals surface area contributed by atoms with Crippen LogP contribution in [0.5, 0.6) is 11.5 Å². The predicted molar refractivity (Wildman–Crippen MR) is 143 cm³/mol. The molecule has 0 saturated carbocycles. The number of aliphatic hydroxyl groups is 1. The number of nitrogens with zero attached hydrogens (tertiary/aromatic N) is 3. The highest BCUT2D eigenvalue weighted by atomic mass is 79.9. The molecule has 36 heavy (non-hydrogen) atoms. The highest BCUT2D eigenvalue weighted by molar-refractivity contribution is 9.10. The fourth-order valence-corrected chi connectivity index (χ4v) is 6.71. The number of hydrogen-bond donors (Lipinski definition) is 2. The Morgan fingerprint density at radius 1 is 1.17 bits per heavy atom. The van der Waals surface area contributed by atoms with Crippen LogP contribution in [-0.2, 0) is 4.79 Å². The molecule has 0 aliphatic carbocycles. The van der Waals surface area contributed by atoms with Crippen LogP contribution in [0.3, 0.4) is 0 Å². The van der Waals surface area contributed by atoms with Crippen molar-refractivity contribution in [3.8, 4) is 11.5 Å². The van der Waals surface area contributed by atoms with E-state index in [2.05, 4.69) is 25.9 Å². The molecule has 1 atom stereocenters. The molecule has 2 N–H and O–H groups in total. The molecule has 0 spiro atoms. The Labute approximate surface area is 226 Å². The molecule has 1 aliphatic heterocycles. The molecule has 1 amide bonds. The van der Waals surface area contributed by atoms with Gasteiger partial charge in [0.2, 0.25) is 5.78 Å². The molecule has 5 rings (SSSR count). The van der Waals surface area contributed by atoms with Gasteiger partial charge in [0.05, 0.1) is 49.0 Å². The first-order valence-electron chi connectivity index (χ1n) is 10.5. The Morgan fingerprint density at radius 2 is 1.92 bits per heavy atom. The maximum atomic E-state index is 13.8. The van der Waals surface area contributed by atoms with Gasteiger partial charge in [-0.25, -0.2) is 9.97 Å². The monoisotopic (exact) mass is 605 g/mol. The van der Waals surface area contributed by atoms with Gasteiger partial charge >= 0.3 is 0 Å². The lowest BCUT2D eigenvalue weighted by Gasteiger charge is -2.25. The molecule has 0 radical (unpaired) electrons. The molecular formula is C24H17BrClN3O5S2. The molecular weight excluding hydrogens is 590 g/mol. The lowest BCUT2D eigenvalue weighted by molar-refractivity contribution is -0.117. The molecule has 0 bridgehead atoms. The zero-order chi connectivity index (χ0) is 25.9. The van der Waals surface area contributed by atoms with Gasteiger partial charge in [-0.2, -0.15) is 0 Å². The minimum absolute atomic E-state index is 0.108. The summed E-state index contributed by atoms with van der Waals surface area (Å²) in [4.78, 5) is 37.8. The average molecular weight is 607 g/mol. The van der Waals surface area contributed by atoms with Crippen LogP contribution in [0.25, 0.3) is 10.2 Å². The van der Waals surface area contributed by atoms with E-state index in [0.29, 0.717) is 36.2 Å². The number of aliphatic hydroxyl groups excluding tert-OH is 1. The smallest absolute Gasteiger partial charge is 0.296 e. The van der Waals surface area contributed by atoms with Crippen molar-refractivity contribution < 1.29 is 24.5 Å². The van der Waals surface area contributed by atoms with Crippen molar-refractivity contribution in [1.29, 1.82) is 0 Å². The van der Waals surface area contributed by atoms with Crippen molar-refractivity contribution in [2.45, 2.75) is 19.9 Å². The minimum atomic E-state index is -1.05. The van der Waals surface area contributed by atoms with Crippen LogP contribution in [0.15, 0.2) is 46.1 Å². The third-order valence-corrected chi connectivity index (χ3v) is 8.62. The number of aryl methyl sites for hydroxylation is 2. The van der Waals surface area contributed by atoms with Crippen molar-refractivity contribution in [1.82, 2.24) is 9.97 Å². The molecule has 3 heterocycles. The molecule has 0 fully saturated rings. The summed E-state index contributed by atoms with van der Waals surface area (Å²) in [5, 5.41) is 22.9. The summed E-state index contributed by atoms with van der Waals surface area (Å²) in [6, 6.07) is 7.20. The number of carbonyl (C=O) groups excluding carboxylic acids is 2. The Bertz CT molecular complexity index is 1610. The third kappa shape index (κ3) is 3.96. The second-order valence-corrected chi connectivity index (χ2v) is 11.5. The zero-order valence-electron chi connectivity index (χ0n) is 19.0. The molecule has 8 nitrogen and oxygen atoms in total. The van der Waals surface area contributed by atoms with Gasteiger partial charge in [-0.3, -0.25) is 14.5 Å². The second-order valence-electron chi connectivity index (χ2n) is 7.98. The van der Waals surface area contributed by atoms with Gasteiger partial charge in [-0.1, -0.05) is 22.9 Å².